The molecule has 0 aliphatic rings. The highest BCUT2D eigenvalue weighted by Gasteiger charge is 2.20. The lowest BCUT2D eigenvalue weighted by molar-refractivity contribution is 0.368. The lowest BCUT2D eigenvalue weighted by atomic mass is 10.0. The molecule has 0 aliphatic heterocycles. The van der Waals surface area contributed by atoms with Gasteiger partial charge in [-0.15, -0.1) is 0 Å². The molecule has 156 valence electrons. The van der Waals surface area contributed by atoms with Gasteiger partial charge >= 0.3 is 7.25 Å². The number of halogens is 4. The Labute approximate surface area is 160 Å². The van der Waals surface area contributed by atoms with Crippen molar-refractivity contribution >= 4 is 15.8 Å². The minimum Gasteiger partial charge on any atom is -0.418 e. The quantitative estimate of drug-likeness (QED) is 0.105. The number of hydrogen-bond donors (Lipinski definition) is 0. The third-order valence-corrected chi connectivity index (χ3v) is 5.74. The van der Waals surface area contributed by atoms with Crippen molar-refractivity contribution in [1.82, 2.24) is 0 Å². The summed E-state index contributed by atoms with van der Waals surface area (Å²) in [6.07, 6.45) is 23.6. The minimum atomic E-state index is -6.00. The molecule has 0 saturated heterocycles. The highest BCUT2D eigenvalue weighted by molar-refractivity contribution is 7.37. The van der Waals surface area contributed by atoms with E-state index in [-0.39, 0.29) is 0 Å². The van der Waals surface area contributed by atoms with Gasteiger partial charge in [-0.2, -0.15) is 5.26 Å². The Morgan fingerprint density at radius 1 is 0.654 bits per heavy atom. The normalized spacial score (nSPS) is 11.4. The number of hydrogen-bond acceptors (Lipinski definition) is 1. The topological polar surface area (TPSA) is 23.8 Å². The fourth-order valence-corrected chi connectivity index (χ4v) is 3.99. The van der Waals surface area contributed by atoms with Crippen LogP contribution in [0, 0.1) is 11.3 Å². The molecule has 0 bridgehead atoms. The van der Waals surface area contributed by atoms with Gasteiger partial charge in [-0.05, 0) is 21.4 Å². The average Bonchev–Trinajstić information content (AvgIpc) is 2.56. The third-order valence-electron chi connectivity index (χ3n) is 4.22. The van der Waals surface area contributed by atoms with Gasteiger partial charge in [-0.3, -0.25) is 0 Å². The summed E-state index contributed by atoms with van der Waals surface area (Å²) in [4.78, 5) is 0. The first kappa shape index (κ1) is 27.9. The fourth-order valence-electron chi connectivity index (χ4n) is 2.79. The fraction of sp³-hybridized carbons (Fsp3) is 0.947. The van der Waals surface area contributed by atoms with Gasteiger partial charge in [0.05, 0.1) is 24.8 Å². The van der Waals surface area contributed by atoms with Gasteiger partial charge in [0, 0.05) is 0 Å². The van der Waals surface area contributed by atoms with Crippen LogP contribution in [0.1, 0.15) is 103 Å². The molecule has 1 atom stereocenters. The molecule has 0 aromatic rings. The Balaban J connectivity index is 0. The molecule has 0 heterocycles. The van der Waals surface area contributed by atoms with E-state index in [1.165, 1.54) is 102 Å². The van der Waals surface area contributed by atoms with Crippen LogP contribution in [0.15, 0.2) is 0 Å². The van der Waals surface area contributed by atoms with E-state index in [0.717, 1.165) is 6.42 Å². The van der Waals surface area contributed by atoms with Gasteiger partial charge in [0.15, 0.2) is 0 Å². The van der Waals surface area contributed by atoms with Crippen molar-refractivity contribution in [3.63, 3.8) is 0 Å². The highest BCUT2D eigenvalue weighted by atomic mass is 31.1. The predicted octanol–water partition coefficient (Wildman–Crippen LogP) is 8.09. The molecule has 0 radical (unpaired) electrons. The molecule has 0 aromatic heterocycles. The van der Waals surface area contributed by atoms with E-state index in [1.54, 1.807) is 0 Å². The predicted molar refractivity (Wildman–Crippen MR) is 110 cm³/mol. The van der Waals surface area contributed by atoms with Gasteiger partial charge in [0.2, 0.25) is 0 Å². The Morgan fingerprint density at radius 3 is 1.35 bits per heavy atom. The van der Waals surface area contributed by atoms with E-state index < -0.39 is 7.25 Å². The maximum Gasteiger partial charge on any atom is 0.673 e. The summed E-state index contributed by atoms with van der Waals surface area (Å²) < 4.78 is 39.0. The number of nitriles is 1. The second kappa shape index (κ2) is 22.7. The summed E-state index contributed by atoms with van der Waals surface area (Å²) in [5.41, 5.74) is 0. The molecule has 26 heavy (non-hydrogen) atoms. The summed E-state index contributed by atoms with van der Waals surface area (Å²) in [7, 11) is -5.43. The van der Waals surface area contributed by atoms with Crippen LogP contribution in [0.3, 0.4) is 0 Å². The summed E-state index contributed by atoms with van der Waals surface area (Å²) in [5.74, 6) is 0. The van der Waals surface area contributed by atoms with Crippen LogP contribution in [0.5, 0.6) is 0 Å². The first-order valence-corrected chi connectivity index (χ1v) is 12.1. The number of rotatable bonds is 17. The zero-order valence-electron chi connectivity index (χ0n) is 16.6. The summed E-state index contributed by atoms with van der Waals surface area (Å²) in [6.45, 7) is 2.29. The monoisotopic (exact) mass is 399 g/mol. The molecular weight excluding hydrogens is 360 g/mol. The summed E-state index contributed by atoms with van der Waals surface area (Å²) in [5, 5.41) is 8.46. The molecule has 0 aliphatic carbocycles. The van der Waals surface area contributed by atoms with Crippen molar-refractivity contribution in [2.45, 2.75) is 103 Å². The van der Waals surface area contributed by atoms with Crippen molar-refractivity contribution in [3.8, 4) is 6.07 Å². The molecule has 0 fully saturated rings. The molecular formula is C19H39BF4NP. The first-order chi connectivity index (χ1) is 12.4. The van der Waals surface area contributed by atoms with E-state index in [2.05, 4.69) is 13.0 Å². The lowest BCUT2D eigenvalue weighted by Crippen LogP contribution is -2.02. The molecule has 1 unspecified atom stereocenters. The van der Waals surface area contributed by atoms with E-state index in [4.69, 9.17) is 5.26 Å². The number of nitrogens with zero attached hydrogens (tertiary/aromatic N) is 1. The van der Waals surface area contributed by atoms with Crippen LogP contribution in [0.4, 0.5) is 17.3 Å². The van der Waals surface area contributed by atoms with E-state index >= 15 is 0 Å². The van der Waals surface area contributed by atoms with Crippen molar-refractivity contribution in [2.75, 3.05) is 12.3 Å². The summed E-state index contributed by atoms with van der Waals surface area (Å²) in [6, 6.07) is 2.24. The van der Waals surface area contributed by atoms with Crippen LogP contribution in [-0.2, 0) is 0 Å². The lowest BCUT2D eigenvalue weighted by Gasteiger charge is -2.02. The third kappa shape index (κ3) is 39.0. The van der Waals surface area contributed by atoms with Gasteiger partial charge in [0.1, 0.15) is 0 Å². The molecule has 0 saturated carbocycles. The minimum absolute atomic E-state index is 0.572. The van der Waals surface area contributed by atoms with Gasteiger partial charge in [-0.25, -0.2) is 0 Å². The molecule has 0 spiro atoms. The Bertz CT molecular complexity index is 303. The molecule has 0 amide bonds. The largest absolute Gasteiger partial charge is 0.673 e. The van der Waals surface area contributed by atoms with Crippen LogP contribution >= 0.6 is 8.58 Å². The first-order valence-electron chi connectivity index (χ1n) is 10.5. The Hall–Kier alpha value is -0.295. The number of unbranched alkanes of at least 4 members (excludes halogenated alkanes) is 13. The Morgan fingerprint density at radius 2 is 1.00 bits per heavy atom. The van der Waals surface area contributed by atoms with Crippen molar-refractivity contribution in [2.24, 2.45) is 0 Å². The second-order valence-corrected chi connectivity index (χ2v) is 8.60. The van der Waals surface area contributed by atoms with Crippen LogP contribution in [-0.4, -0.2) is 19.6 Å². The van der Waals surface area contributed by atoms with E-state index in [0.29, 0.717) is 8.58 Å². The standard InChI is InChI=1S/C19H38NP.BF4/c1-2-3-4-5-6-7-8-9-10-11-12-13-14-15-18-21-19-16-17-20;2-1(3,4)5/h21H,2-16,18-19H2,1H3;/q;-1/p+1. The maximum absolute atomic E-state index is 9.75. The van der Waals surface area contributed by atoms with E-state index in [1.807, 2.05) is 0 Å². The van der Waals surface area contributed by atoms with Crippen molar-refractivity contribution in [3.05, 3.63) is 0 Å². The van der Waals surface area contributed by atoms with Crippen molar-refractivity contribution < 1.29 is 17.3 Å². The SMILES string of the molecule is CCCCCCCCCCCCCCCC[PH2+]CCC#N.F[B-](F)(F)F. The molecule has 0 N–H and O–H groups in total. The summed E-state index contributed by atoms with van der Waals surface area (Å²) >= 11 is 0. The highest BCUT2D eigenvalue weighted by Crippen LogP contribution is 2.16. The average molecular weight is 399 g/mol. The van der Waals surface area contributed by atoms with Crippen molar-refractivity contribution in [1.29, 1.82) is 5.26 Å². The van der Waals surface area contributed by atoms with Gasteiger partial charge in [0.25, 0.3) is 0 Å². The smallest absolute Gasteiger partial charge is 0.418 e. The second-order valence-electron chi connectivity index (χ2n) is 6.87. The Kier molecular flexibility index (Phi) is 24.4. The molecule has 0 rings (SSSR count). The molecule has 0 aromatic carbocycles. The zero-order chi connectivity index (χ0) is 19.9. The zero-order valence-corrected chi connectivity index (χ0v) is 17.8. The maximum atomic E-state index is 9.75. The van der Waals surface area contributed by atoms with Gasteiger partial charge in [-0.1, -0.05) is 84.0 Å². The van der Waals surface area contributed by atoms with Crippen LogP contribution < -0.4 is 0 Å². The van der Waals surface area contributed by atoms with Crippen LogP contribution in [0.25, 0.3) is 0 Å². The molecule has 1 nitrogen and oxygen atoms in total. The molecule has 7 heteroatoms. The van der Waals surface area contributed by atoms with E-state index in [9.17, 15) is 17.3 Å². The van der Waals surface area contributed by atoms with Gasteiger partial charge < -0.3 is 17.3 Å². The van der Waals surface area contributed by atoms with Crippen LogP contribution in [0.2, 0.25) is 0 Å².